The number of piperazine rings is 1. The van der Waals surface area contributed by atoms with E-state index in [4.69, 9.17) is 0 Å². The molecule has 0 aliphatic carbocycles. The van der Waals surface area contributed by atoms with Crippen molar-refractivity contribution in [2.75, 3.05) is 13.1 Å². The van der Waals surface area contributed by atoms with E-state index in [0.717, 1.165) is 16.9 Å². The lowest BCUT2D eigenvalue weighted by molar-refractivity contribution is -0.128. The van der Waals surface area contributed by atoms with Crippen LogP contribution in [-0.2, 0) is 4.79 Å². The fourth-order valence-electron chi connectivity index (χ4n) is 3.41. The van der Waals surface area contributed by atoms with Crippen LogP contribution in [0, 0.1) is 6.92 Å². The largest absolute Gasteiger partial charge is 0.352 e. The van der Waals surface area contributed by atoms with Crippen molar-refractivity contribution in [3.8, 4) is 5.82 Å². The number of rotatable bonds is 3. The van der Waals surface area contributed by atoms with Crippen LogP contribution in [0.1, 0.15) is 27.5 Å². The van der Waals surface area contributed by atoms with Crippen LogP contribution in [0.15, 0.2) is 67.1 Å². The van der Waals surface area contributed by atoms with E-state index in [0.29, 0.717) is 18.7 Å². The van der Waals surface area contributed by atoms with Crippen molar-refractivity contribution < 1.29 is 9.59 Å². The molecule has 0 radical (unpaired) electrons. The number of benzene rings is 1. The second-order valence-electron chi connectivity index (χ2n) is 6.54. The predicted molar refractivity (Wildman–Crippen MR) is 102 cm³/mol. The number of hydrogen-bond acceptors (Lipinski definition) is 3. The lowest BCUT2D eigenvalue weighted by Crippen LogP contribution is -2.52. The summed E-state index contributed by atoms with van der Waals surface area (Å²) in [5.74, 6) is 0.397. The van der Waals surface area contributed by atoms with Gasteiger partial charge in [0.25, 0.3) is 5.91 Å². The van der Waals surface area contributed by atoms with Gasteiger partial charge in [0.1, 0.15) is 11.9 Å². The van der Waals surface area contributed by atoms with Crippen molar-refractivity contribution in [2.24, 2.45) is 0 Å². The van der Waals surface area contributed by atoms with Gasteiger partial charge in [0.15, 0.2) is 0 Å². The molecule has 1 saturated heterocycles. The van der Waals surface area contributed by atoms with E-state index < -0.39 is 6.04 Å². The van der Waals surface area contributed by atoms with E-state index in [1.54, 1.807) is 23.2 Å². The van der Waals surface area contributed by atoms with Gasteiger partial charge >= 0.3 is 0 Å². The summed E-state index contributed by atoms with van der Waals surface area (Å²) < 4.78 is 1.87. The zero-order valence-electron chi connectivity index (χ0n) is 15.0. The van der Waals surface area contributed by atoms with Crippen molar-refractivity contribution in [1.82, 2.24) is 19.8 Å². The van der Waals surface area contributed by atoms with Crippen molar-refractivity contribution in [2.45, 2.75) is 13.0 Å². The molecule has 3 heterocycles. The van der Waals surface area contributed by atoms with Crippen LogP contribution in [-0.4, -0.2) is 39.4 Å². The summed E-state index contributed by atoms with van der Waals surface area (Å²) in [6.07, 6.45) is 5.36. The van der Waals surface area contributed by atoms with E-state index in [1.165, 1.54) is 0 Å². The first-order valence-electron chi connectivity index (χ1n) is 8.89. The van der Waals surface area contributed by atoms with Crippen molar-refractivity contribution in [3.63, 3.8) is 0 Å². The standard InChI is InChI=1S/C21H20N4O2/c1-15-6-2-3-7-17(15)19-20(26)22-10-13-25(19)21(27)16-8-9-18(23-14-16)24-11-4-5-12-24/h2-9,11-12,14,19H,10,13H2,1H3,(H,22,26). The Morgan fingerprint density at radius 3 is 2.59 bits per heavy atom. The fourth-order valence-corrected chi connectivity index (χ4v) is 3.41. The van der Waals surface area contributed by atoms with Crippen LogP contribution < -0.4 is 5.32 Å². The second-order valence-corrected chi connectivity index (χ2v) is 6.54. The van der Waals surface area contributed by atoms with Crippen LogP contribution in [0.3, 0.4) is 0 Å². The highest BCUT2D eigenvalue weighted by Crippen LogP contribution is 2.27. The molecule has 1 atom stereocenters. The molecule has 0 saturated carbocycles. The van der Waals surface area contributed by atoms with E-state index in [9.17, 15) is 9.59 Å². The van der Waals surface area contributed by atoms with Crippen LogP contribution >= 0.6 is 0 Å². The topological polar surface area (TPSA) is 67.2 Å². The molecule has 1 aromatic carbocycles. The predicted octanol–water partition coefficient (Wildman–Crippen LogP) is 2.49. The van der Waals surface area contributed by atoms with Gasteiger partial charge in [0.2, 0.25) is 5.91 Å². The van der Waals surface area contributed by atoms with Crippen molar-refractivity contribution in [1.29, 1.82) is 0 Å². The lowest BCUT2D eigenvalue weighted by Gasteiger charge is -2.36. The maximum absolute atomic E-state index is 13.1. The molecule has 1 fully saturated rings. The van der Waals surface area contributed by atoms with Gasteiger partial charge in [0, 0.05) is 31.7 Å². The highest BCUT2D eigenvalue weighted by atomic mass is 16.2. The average molecular weight is 360 g/mol. The van der Waals surface area contributed by atoms with E-state index >= 15 is 0 Å². The van der Waals surface area contributed by atoms with Crippen LogP contribution in [0.2, 0.25) is 0 Å². The van der Waals surface area contributed by atoms with Gasteiger partial charge in [-0.2, -0.15) is 0 Å². The van der Waals surface area contributed by atoms with Crippen LogP contribution in [0.5, 0.6) is 0 Å². The smallest absolute Gasteiger partial charge is 0.256 e. The molecule has 4 rings (SSSR count). The van der Waals surface area contributed by atoms with Gasteiger partial charge in [-0.05, 0) is 42.3 Å². The number of aryl methyl sites for hydroxylation is 1. The summed E-state index contributed by atoms with van der Waals surface area (Å²) in [5.41, 5.74) is 2.30. The van der Waals surface area contributed by atoms with E-state index in [2.05, 4.69) is 10.3 Å². The number of nitrogens with zero attached hydrogens (tertiary/aromatic N) is 3. The minimum Gasteiger partial charge on any atom is -0.352 e. The second kappa shape index (κ2) is 7.07. The number of amides is 2. The summed E-state index contributed by atoms with van der Waals surface area (Å²) in [7, 11) is 0. The Balaban J connectivity index is 1.64. The summed E-state index contributed by atoms with van der Waals surface area (Å²) in [4.78, 5) is 31.7. The third kappa shape index (κ3) is 3.21. The van der Waals surface area contributed by atoms with Gasteiger partial charge < -0.3 is 14.8 Å². The average Bonchev–Trinajstić information content (AvgIpc) is 3.23. The first-order valence-corrected chi connectivity index (χ1v) is 8.89. The maximum atomic E-state index is 13.1. The molecule has 1 N–H and O–H groups in total. The SMILES string of the molecule is Cc1ccccc1C1C(=O)NCCN1C(=O)c1ccc(-n2cccc2)nc1. The van der Waals surface area contributed by atoms with E-state index in [-0.39, 0.29) is 11.8 Å². The summed E-state index contributed by atoms with van der Waals surface area (Å²) in [6.45, 7) is 2.86. The Bertz CT molecular complexity index is 964. The Hall–Kier alpha value is -3.41. The van der Waals surface area contributed by atoms with Crippen molar-refractivity contribution >= 4 is 11.8 Å². The van der Waals surface area contributed by atoms with Gasteiger partial charge in [-0.1, -0.05) is 24.3 Å². The minimum absolute atomic E-state index is 0.152. The number of hydrogen-bond donors (Lipinski definition) is 1. The third-order valence-electron chi connectivity index (χ3n) is 4.82. The number of pyridine rings is 1. The maximum Gasteiger partial charge on any atom is 0.256 e. The Morgan fingerprint density at radius 2 is 1.89 bits per heavy atom. The zero-order chi connectivity index (χ0) is 18.8. The molecular weight excluding hydrogens is 340 g/mol. The van der Waals surface area contributed by atoms with Gasteiger partial charge in [-0.25, -0.2) is 4.98 Å². The van der Waals surface area contributed by atoms with Crippen LogP contribution in [0.4, 0.5) is 0 Å². The van der Waals surface area contributed by atoms with E-state index in [1.807, 2.05) is 60.3 Å². The molecule has 1 aliphatic rings. The molecule has 1 unspecified atom stereocenters. The Labute approximate surface area is 157 Å². The minimum atomic E-state index is -0.628. The summed E-state index contributed by atoms with van der Waals surface area (Å²) in [5, 5.41) is 2.87. The molecule has 6 heteroatoms. The quantitative estimate of drug-likeness (QED) is 0.780. The van der Waals surface area contributed by atoms with Crippen LogP contribution in [0.25, 0.3) is 5.82 Å². The third-order valence-corrected chi connectivity index (χ3v) is 4.82. The monoisotopic (exact) mass is 360 g/mol. The zero-order valence-corrected chi connectivity index (χ0v) is 15.0. The lowest BCUT2D eigenvalue weighted by atomic mass is 9.97. The molecule has 0 spiro atoms. The number of aromatic nitrogens is 2. The fraction of sp³-hybridized carbons (Fsp3) is 0.190. The number of carbonyl (C=O) groups excluding carboxylic acids is 2. The van der Waals surface area contributed by atoms with Gasteiger partial charge in [0.05, 0.1) is 5.56 Å². The molecular formula is C21H20N4O2. The molecule has 2 amide bonds. The summed E-state index contributed by atoms with van der Waals surface area (Å²) >= 11 is 0. The Kier molecular flexibility index (Phi) is 4.46. The normalized spacial score (nSPS) is 16.9. The molecule has 6 nitrogen and oxygen atoms in total. The van der Waals surface area contributed by atoms with Gasteiger partial charge in [-0.3, -0.25) is 9.59 Å². The highest BCUT2D eigenvalue weighted by Gasteiger charge is 2.35. The number of carbonyl (C=O) groups is 2. The van der Waals surface area contributed by atoms with Gasteiger partial charge in [-0.15, -0.1) is 0 Å². The molecule has 136 valence electrons. The Morgan fingerprint density at radius 1 is 1.11 bits per heavy atom. The molecule has 1 aliphatic heterocycles. The molecule has 27 heavy (non-hydrogen) atoms. The van der Waals surface area contributed by atoms with Crippen molar-refractivity contribution in [3.05, 3.63) is 83.8 Å². The number of nitrogens with one attached hydrogen (secondary N) is 1. The molecule has 3 aromatic rings. The molecule has 0 bridgehead atoms. The molecule has 2 aromatic heterocycles. The first-order chi connectivity index (χ1) is 13.1. The summed E-state index contributed by atoms with van der Waals surface area (Å²) in [6, 6.07) is 14.4. The first kappa shape index (κ1) is 17.0. The highest BCUT2D eigenvalue weighted by molar-refractivity contribution is 5.98.